The minimum atomic E-state index is 0.451. The second kappa shape index (κ2) is 6.29. The highest BCUT2D eigenvalue weighted by Gasteiger charge is 2.18. The van der Waals surface area contributed by atoms with Crippen LogP contribution in [0.5, 0.6) is 0 Å². The third kappa shape index (κ3) is 3.14. The maximum atomic E-state index is 5.53. The van der Waals surface area contributed by atoms with Crippen molar-refractivity contribution in [3.63, 3.8) is 0 Å². The molecule has 1 aliphatic heterocycles. The molecule has 1 fully saturated rings. The van der Waals surface area contributed by atoms with Gasteiger partial charge in [0.1, 0.15) is 0 Å². The fourth-order valence-electron chi connectivity index (χ4n) is 2.32. The summed E-state index contributed by atoms with van der Waals surface area (Å²) >= 11 is 1.71. The molecule has 0 radical (unpaired) electrons. The molecule has 108 valence electrons. The summed E-state index contributed by atoms with van der Waals surface area (Å²) in [5.74, 6) is 0. The molecular formula is C12H19N7S. The number of aromatic nitrogens is 4. The average molecular weight is 293 g/mol. The van der Waals surface area contributed by atoms with E-state index in [9.17, 15) is 0 Å². The first-order valence-corrected chi connectivity index (χ1v) is 7.69. The third-order valence-corrected chi connectivity index (χ3v) is 4.33. The van der Waals surface area contributed by atoms with Gasteiger partial charge < -0.3 is 10.6 Å². The van der Waals surface area contributed by atoms with Crippen LogP contribution in [-0.2, 0) is 13.1 Å². The van der Waals surface area contributed by atoms with Gasteiger partial charge in [-0.2, -0.15) is 0 Å². The normalized spacial score (nSPS) is 16.8. The van der Waals surface area contributed by atoms with Crippen LogP contribution in [0, 0.1) is 0 Å². The second-order valence-corrected chi connectivity index (χ2v) is 5.69. The molecule has 2 aromatic heterocycles. The summed E-state index contributed by atoms with van der Waals surface area (Å²) in [5, 5.41) is 11.2. The number of piperazine rings is 1. The summed E-state index contributed by atoms with van der Waals surface area (Å²) in [6, 6.07) is 0. The lowest BCUT2D eigenvalue weighted by Gasteiger charge is -2.34. The van der Waals surface area contributed by atoms with Crippen molar-refractivity contribution >= 4 is 16.5 Å². The van der Waals surface area contributed by atoms with Crippen molar-refractivity contribution in [1.82, 2.24) is 24.9 Å². The minimum absolute atomic E-state index is 0.451. The Balaban J connectivity index is 1.44. The van der Waals surface area contributed by atoms with E-state index in [1.54, 1.807) is 11.3 Å². The minimum Gasteiger partial charge on any atom is -0.346 e. The van der Waals surface area contributed by atoms with E-state index in [-0.39, 0.29) is 0 Å². The van der Waals surface area contributed by atoms with E-state index in [1.165, 1.54) is 0 Å². The molecule has 7 nitrogen and oxygen atoms in total. The zero-order valence-corrected chi connectivity index (χ0v) is 12.2. The summed E-state index contributed by atoms with van der Waals surface area (Å²) in [6.45, 7) is 6.53. The van der Waals surface area contributed by atoms with Crippen molar-refractivity contribution in [2.24, 2.45) is 5.73 Å². The first-order valence-electron chi connectivity index (χ1n) is 6.81. The number of nitrogens with zero attached hydrogens (tertiary/aromatic N) is 6. The highest BCUT2D eigenvalue weighted by atomic mass is 32.1. The summed E-state index contributed by atoms with van der Waals surface area (Å²) in [7, 11) is 0. The van der Waals surface area contributed by atoms with Gasteiger partial charge in [-0.3, -0.25) is 9.58 Å². The molecule has 2 aromatic rings. The van der Waals surface area contributed by atoms with Crippen LogP contribution in [0.15, 0.2) is 17.8 Å². The summed E-state index contributed by atoms with van der Waals surface area (Å²) in [4.78, 5) is 9.17. The SMILES string of the molecule is NCc1cn(CCN2CCN(c3nccs3)CC2)nn1. The maximum absolute atomic E-state index is 5.53. The van der Waals surface area contributed by atoms with Gasteiger partial charge in [0, 0.05) is 57.0 Å². The highest BCUT2D eigenvalue weighted by molar-refractivity contribution is 7.13. The fraction of sp³-hybridized carbons (Fsp3) is 0.583. The molecule has 0 unspecified atom stereocenters. The van der Waals surface area contributed by atoms with Crippen LogP contribution in [0.1, 0.15) is 5.69 Å². The van der Waals surface area contributed by atoms with E-state index in [2.05, 4.69) is 25.1 Å². The Morgan fingerprint density at radius 3 is 2.70 bits per heavy atom. The lowest BCUT2D eigenvalue weighted by Crippen LogP contribution is -2.47. The first kappa shape index (κ1) is 13.5. The molecule has 20 heavy (non-hydrogen) atoms. The van der Waals surface area contributed by atoms with Crippen molar-refractivity contribution < 1.29 is 0 Å². The molecule has 0 spiro atoms. The molecule has 1 saturated heterocycles. The Labute approximate surface area is 122 Å². The number of hydrogen-bond acceptors (Lipinski definition) is 7. The monoisotopic (exact) mass is 293 g/mol. The lowest BCUT2D eigenvalue weighted by molar-refractivity contribution is 0.243. The number of hydrogen-bond donors (Lipinski definition) is 1. The Hall–Kier alpha value is -1.51. The van der Waals surface area contributed by atoms with E-state index in [1.807, 2.05) is 22.5 Å². The Morgan fingerprint density at radius 1 is 1.20 bits per heavy atom. The molecule has 1 aliphatic rings. The Morgan fingerprint density at radius 2 is 2.05 bits per heavy atom. The topological polar surface area (TPSA) is 76.1 Å². The molecule has 0 saturated carbocycles. The molecule has 0 amide bonds. The van der Waals surface area contributed by atoms with Crippen molar-refractivity contribution in [3.8, 4) is 0 Å². The molecular weight excluding hydrogens is 274 g/mol. The predicted octanol–water partition coefficient (Wildman–Crippen LogP) is 0.0155. The largest absolute Gasteiger partial charge is 0.346 e. The molecule has 0 aliphatic carbocycles. The number of thiazole rings is 1. The van der Waals surface area contributed by atoms with Crippen LogP contribution in [0.25, 0.3) is 0 Å². The van der Waals surface area contributed by atoms with Crippen molar-refractivity contribution in [2.45, 2.75) is 13.1 Å². The van der Waals surface area contributed by atoms with E-state index in [0.717, 1.165) is 50.1 Å². The smallest absolute Gasteiger partial charge is 0.185 e. The van der Waals surface area contributed by atoms with Crippen molar-refractivity contribution in [3.05, 3.63) is 23.5 Å². The predicted molar refractivity (Wildman–Crippen MR) is 78.7 cm³/mol. The van der Waals surface area contributed by atoms with Gasteiger partial charge in [0.15, 0.2) is 5.13 Å². The van der Waals surface area contributed by atoms with Gasteiger partial charge in [-0.1, -0.05) is 5.21 Å². The molecule has 3 heterocycles. The Bertz CT molecular complexity index is 516. The van der Waals surface area contributed by atoms with Gasteiger partial charge in [-0.25, -0.2) is 4.98 Å². The molecule has 0 aromatic carbocycles. The molecule has 0 atom stereocenters. The fourth-order valence-corrected chi connectivity index (χ4v) is 3.02. The van der Waals surface area contributed by atoms with Crippen molar-refractivity contribution in [2.75, 3.05) is 37.6 Å². The van der Waals surface area contributed by atoms with E-state index in [4.69, 9.17) is 5.73 Å². The van der Waals surface area contributed by atoms with Gasteiger partial charge >= 0.3 is 0 Å². The number of anilines is 1. The number of rotatable bonds is 5. The summed E-state index contributed by atoms with van der Waals surface area (Å²) in [6.07, 6.45) is 3.79. The van der Waals surface area contributed by atoms with Crippen LogP contribution in [0.3, 0.4) is 0 Å². The van der Waals surface area contributed by atoms with E-state index < -0.39 is 0 Å². The third-order valence-electron chi connectivity index (χ3n) is 3.50. The van der Waals surface area contributed by atoms with Gasteiger partial charge in [0.05, 0.1) is 12.2 Å². The Kier molecular flexibility index (Phi) is 4.24. The van der Waals surface area contributed by atoms with Crippen LogP contribution < -0.4 is 10.6 Å². The second-order valence-electron chi connectivity index (χ2n) is 4.82. The van der Waals surface area contributed by atoms with Gasteiger partial charge in [0.25, 0.3) is 0 Å². The summed E-state index contributed by atoms with van der Waals surface area (Å²) in [5.41, 5.74) is 6.37. The standard InChI is InChI=1S/C12H19N7S/c13-9-11-10-19(16-15-11)7-4-17-2-5-18(6-3-17)12-14-1-8-20-12/h1,8,10H,2-7,9,13H2. The average Bonchev–Trinajstić information content (AvgIpc) is 3.17. The van der Waals surface area contributed by atoms with Crippen LogP contribution in [0.4, 0.5) is 5.13 Å². The van der Waals surface area contributed by atoms with E-state index >= 15 is 0 Å². The maximum Gasteiger partial charge on any atom is 0.185 e. The van der Waals surface area contributed by atoms with Crippen LogP contribution in [-0.4, -0.2) is 57.6 Å². The van der Waals surface area contributed by atoms with E-state index in [0.29, 0.717) is 6.54 Å². The summed E-state index contributed by atoms with van der Waals surface area (Å²) < 4.78 is 1.87. The van der Waals surface area contributed by atoms with Gasteiger partial charge in [-0.05, 0) is 0 Å². The van der Waals surface area contributed by atoms with Crippen molar-refractivity contribution in [1.29, 1.82) is 0 Å². The molecule has 2 N–H and O–H groups in total. The lowest BCUT2D eigenvalue weighted by atomic mass is 10.3. The molecule has 0 bridgehead atoms. The number of nitrogens with two attached hydrogens (primary N) is 1. The van der Waals surface area contributed by atoms with Crippen LogP contribution in [0.2, 0.25) is 0 Å². The zero-order valence-electron chi connectivity index (χ0n) is 11.4. The highest BCUT2D eigenvalue weighted by Crippen LogP contribution is 2.18. The van der Waals surface area contributed by atoms with Crippen LogP contribution >= 0.6 is 11.3 Å². The molecule has 8 heteroatoms. The zero-order chi connectivity index (χ0) is 13.8. The quantitative estimate of drug-likeness (QED) is 0.837. The molecule has 3 rings (SSSR count). The van der Waals surface area contributed by atoms with Gasteiger partial charge in [0.2, 0.25) is 0 Å². The first-order chi connectivity index (χ1) is 9.85. The van der Waals surface area contributed by atoms with Gasteiger partial charge in [-0.15, -0.1) is 16.4 Å².